The molecule has 0 saturated carbocycles. The third kappa shape index (κ3) is 4.49. The predicted octanol–water partition coefficient (Wildman–Crippen LogP) is 3.02. The van der Waals surface area contributed by atoms with Crippen LogP contribution in [0, 0.1) is 6.92 Å². The van der Waals surface area contributed by atoms with Gasteiger partial charge in [0.2, 0.25) is 0 Å². The SMILES string of the molecule is COc1ccc(Cl)cc1C(=O)/N=c1\sc(C)cn1CCC1OCCO1. The number of thiazole rings is 1. The Morgan fingerprint density at radius 3 is 2.92 bits per heavy atom. The van der Waals surface area contributed by atoms with Gasteiger partial charge in [0, 0.05) is 29.1 Å². The van der Waals surface area contributed by atoms with Crippen molar-refractivity contribution in [2.75, 3.05) is 20.3 Å². The lowest BCUT2D eigenvalue weighted by molar-refractivity contribution is -0.0491. The number of carbonyl (C=O) groups excluding carboxylic acids is 1. The minimum atomic E-state index is -0.386. The van der Waals surface area contributed by atoms with Gasteiger partial charge in [-0.25, -0.2) is 0 Å². The van der Waals surface area contributed by atoms with Gasteiger partial charge in [-0.2, -0.15) is 4.99 Å². The van der Waals surface area contributed by atoms with Gasteiger partial charge in [0.05, 0.1) is 25.9 Å². The summed E-state index contributed by atoms with van der Waals surface area (Å²) >= 11 is 7.46. The maximum absolute atomic E-state index is 12.6. The number of amides is 1. The van der Waals surface area contributed by atoms with Crippen molar-refractivity contribution < 1.29 is 19.0 Å². The molecule has 1 aromatic heterocycles. The zero-order chi connectivity index (χ0) is 17.8. The van der Waals surface area contributed by atoms with Crippen LogP contribution in [0.4, 0.5) is 0 Å². The zero-order valence-corrected chi connectivity index (χ0v) is 15.6. The van der Waals surface area contributed by atoms with E-state index < -0.39 is 0 Å². The number of halogens is 1. The number of aromatic nitrogens is 1. The number of aryl methyl sites for hydroxylation is 2. The third-order valence-electron chi connectivity index (χ3n) is 3.72. The number of methoxy groups -OCH3 is 1. The molecule has 0 spiro atoms. The number of hydrogen-bond acceptors (Lipinski definition) is 5. The molecule has 0 bridgehead atoms. The summed E-state index contributed by atoms with van der Waals surface area (Å²) in [4.78, 5) is 18.6. The van der Waals surface area contributed by atoms with E-state index in [0.717, 1.165) is 4.88 Å². The van der Waals surface area contributed by atoms with Crippen LogP contribution in [0.5, 0.6) is 5.75 Å². The Kier molecular flexibility index (Phi) is 5.90. The molecule has 134 valence electrons. The molecular formula is C17H19ClN2O4S. The second-order valence-electron chi connectivity index (χ2n) is 5.54. The van der Waals surface area contributed by atoms with E-state index in [0.29, 0.717) is 47.3 Å². The molecule has 2 heterocycles. The first-order valence-electron chi connectivity index (χ1n) is 7.89. The van der Waals surface area contributed by atoms with Crippen LogP contribution in [-0.2, 0) is 16.0 Å². The highest BCUT2D eigenvalue weighted by Gasteiger charge is 2.17. The second-order valence-corrected chi connectivity index (χ2v) is 7.19. The average Bonchev–Trinajstić information content (AvgIpc) is 3.22. The first kappa shape index (κ1) is 18.1. The summed E-state index contributed by atoms with van der Waals surface area (Å²) in [6.07, 6.45) is 2.49. The standard InChI is InChI=1S/C17H19ClN2O4S/c1-11-10-20(6-5-15-23-7-8-24-15)17(25-11)19-16(21)13-9-12(18)3-4-14(13)22-2/h3-4,9-10,15H,5-8H2,1-2H3/b19-17-. The fourth-order valence-electron chi connectivity index (χ4n) is 2.56. The Bertz CT molecular complexity index is 824. The Balaban J connectivity index is 1.85. The smallest absolute Gasteiger partial charge is 0.283 e. The molecule has 0 atom stereocenters. The lowest BCUT2D eigenvalue weighted by Gasteiger charge is -2.09. The van der Waals surface area contributed by atoms with Crippen LogP contribution >= 0.6 is 22.9 Å². The molecule has 1 aliphatic rings. The van der Waals surface area contributed by atoms with Crippen molar-refractivity contribution in [3.63, 3.8) is 0 Å². The molecule has 0 radical (unpaired) electrons. The van der Waals surface area contributed by atoms with E-state index in [2.05, 4.69) is 4.99 Å². The number of ether oxygens (including phenoxy) is 3. The summed E-state index contributed by atoms with van der Waals surface area (Å²) in [6.45, 7) is 3.89. The van der Waals surface area contributed by atoms with Crippen LogP contribution in [0.1, 0.15) is 21.7 Å². The molecule has 1 fully saturated rings. The molecule has 1 saturated heterocycles. The highest BCUT2D eigenvalue weighted by Crippen LogP contribution is 2.23. The fraction of sp³-hybridized carbons (Fsp3) is 0.412. The molecule has 8 heteroatoms. The van der Waals surface area contributed by atoms with Crippen molar-refractivity contribution in [3.05, 3.63) is 44.7 Å². The second kappa shape index (κ2) is 8.14. The van der Waals surface area contributed by atoms with Crippen molar-refractivity contribution in [3.8, 4) is 5.75 Å². The topological polar surface area (TPSA) is 62.0 Å². The van der Waals surface area contributed by atoms with Gasteiger partial charge in [0.15, 0.2) is 11.1 Å². The van der Waals surface area contributed by atoms with Crippen molar-refractivity contribution in [2.45, 2.75) is 26.2 Å². The summed E-state index contributed by atoms with van der Waals surface area (Å²) in [6, 6.07) is 4.90. The predicted molar refractivity (Wildman–Crippen MR) is 95.3 cm³/mol. The Hall–Kier alpha value is -1.67. The van der Waals surface area contributed by atoms with Crippen molar-refractivity contribution in [1.29, 1.82) is 0 Å². The van der Waals surface area contributed by atoms with Crippen LogP contribution in [0.2, 0.25) is 5.02 Å². The van der Waals surface area contributed by atoms with Gasteiger partial charge >= 0.3 is 0 Å². The monoisotopic (exact) mass is 382 g/mol. The maximum atomic E-state index is 12.6. The van der Waals surface area contributed by atoms with Crippen LogP contribution in [-0.4, -0.2) is 37.1 Å². The van der Waals surface area contributed by atoms with E-state index in [-0.39, 0.29) is 12.2 Å². The van der Waals surface area contributed by atoms with Gasteiger partial charge in [-0.05, 0) is 25.1 Å². The maximum Gasteiger partial charge on any atom is 0.283 e. The summed E-state index contributed by atoms with van der Waals surface area (Å²) in [7, 11) is 1.51. The lowest BCUT2D eigenvalue weighted by Crippen LogP contribution is -2.20. The van der Waals surface area contributed by atoms with Crippen LogP contribution in [0.3, 0.4) is 0 Å². The van der Waals surface area contributed by atoms with E-state index in [1.54, 1.807) is 18.2 Å². The van der Waals surface area contributed by atoms with Gasteiger partial charge in [0.25, 0.3) is 5.91 Å². The van der Waals surface area contributed by atoms with E-state index in [4.69, 9.17) is 25.8 Å². The number of nitrogens with zero attached hydrogens (tertiary/aromatic N) is 2. The first-order chi connectivity index (χ1) is 12.1. The molecule has 1 aromatic carbocycles. The molecule has 2 aromatic rings. The van der Waals surface area contributed by atoms with Gasteiger partial charge in [0.1, 0.15) is 5.75 Å². The Morgan fingerprint density at radius 1 is 1.44 bits per heavy atom. The van der Waals surface area contributed by atoms with Crippen molar-refractivity contribution >= 4 is 28.8 Å². The summed E-state index contributed by atoms with van der Waals surface area (Å²) in [5.41, 5.74) is 0.343. The van der Waals surface area contributed by atoms with E-state index >= 15 is 0 Å². The van der Waals surface area contributed by atoms with Crippen molar-refractivity contribution in [2.24, 2.45) is 4.99 Å². The normalized spacial score (nSPS) is 15.7. The van der Waals surface area contributed by atoms with Gasteiger partial charge in [-0.15, -0.1) is 11.3 Å². The highest BCUT2D eigenvalue weighted by molar-refractivity contribution is 7.09. The number of carbonyl (C=O) groups is 1. The molecule has 25 heavy (non-hydrogen) atoms. The molecule has 3 rings (SSSR count). The van der Waals surface area contributed by atoms with Gasteiger partial charge in [-0.3, -0.25) is 4.79 Å². The molecule has 0 N–H and O–H groups in total. The van der Waals surface area contributed by atoms with E-state index in [9.17, 15) is 4.79 Å². The van der Waals surface area contributed by atoms with Crippen LogP contribution in [0.25, 0.3) is 0 Å². The molecular weight excluding hydrogens is 364 g/mol. The van der Waals surface area contributed by atoms with Gasteiger partial charge < -0.3 is 18.8 Å². The summed E-state index contributed by atoms with van der Waals surface area (Å²) < 4.78 is 18.1. The summed E-state index contributed by atoms with van der Waals surface area (Å²) in [5.74, 6) is 0.0639. The number of hydrogen-bond donors (Lipinski definition) is 0. The molecule has 6 nitrogen and oxygen atoms in total. The Morgan fingerprint density at radius 2 is 2.20 bits per heavy atom. The van der Waals surface area contributed by atoms with Gasteiger partial charge in [-0.1, -0.05) is 11.6 Å². The van der Waals surface area contributed by atoms with Crippen molar-refractivity contribution in [1.82, 2.24) is 4.57 Å². The quantitative estimate of drug-likeness (QED) is 0.797. The minimum absolute atomic E-state index is 0.190. The zero-order valence-electron chi connectivity index (χ0n) is 14.0. The fourth-order valence-corrected chi connectivity index (χ4v) is 3.59. The molecule has 0 aliphatic carbocycles. The Labute approximate surface area is 154 Å². The van der Waals surface area contributed by atoms with Crippen LogP contribution in [0.15, 0.2) is 29.4 Å². The largest absolute Gasteiger partial charge is 0.496 e. The minimum Gasteiger partial charge on any atom is -0.496 e. The average molecular weight is 383 g/mol. The molecule has 0 unspecified atom stereocenters. The number of rotatable bonds is 5. The third-order valence-corrected chi connectivity index (χ3v) is 4.89. The van der Waals surface area contributed by atoms with E-state index in [1.165, 1.54) is 18.4 Å². The van der Waals surface area contributed by atoms with E-state index in [1.807, 2.05) is 17.7 Å². The van der Waals surface area contributed by atoms with Crippen LogP contribution < -0.4 is 9.54 Å². The molecule has 1 aliphatic heterocycles. The first-order valence-corrected chi connectivity index (χ1v) is 9.09. The lowest BCUT2D eigenvalue weighted by atomic mass is 10.2. The number of benzene rings is 1. The molecule has 1 amide bonds. The summed E-state index contributed by atoms with van der Waals surface area (Å²) in [5, 5.41) is 0.463. The highest BCUT2D eigenvalue weighted by atomic mass is 35.5.